The molecule has 0 aromatic carbocycles. The van der Waals surface area contributed by atoms with E-state index >= 15 is 0 Å². The molecule has 0 aromatic rings. The van der Waals surface area contributed by atoms with Crippen molar-refractivity contribution in [3.8, 4) is 0 Å². The van der Waals surface area contributed by atoms with Crippen molar-refractivity contribution in [1.29, 1.82) is 0 Å². The molecule has 2 rings (SSSR count). The summed E-state index contributed by atoms with van der Waals surface area (Å²) in [5.41, 5.74) is 5.63. The first-order valence-electron chi connectivity index (χ1n) is 6.91. The lowest BCUT2D eigenvalue weighted by atomic mass is 10.1. The van der Waals surface area contributed by atoms with E-state index in [1.165, 1.54) is 32.4 Å². The molecular weight excluding hydrogens is 214 g/mol. The molecule has 1 saturated heterocycles. The first-order chi connectivity index (χ1) is 8.15. The molecule has 1 amide bonds. The number of nitrogens with zero attached hydrogens (tertiary/aromatic N) is 1. The SMILES string of the molecule is CC(N)CCC(=O)NCC1CCN(C2CC2)C1. The molecule has 4 nitrogen and oxygen atoms in total. The van der Waals surface area contributed by atoms with E-state index in [4.69, 9.17) is 5.73 Å². The minimum absolute atomic E-state index is 0.123. The average Bonchev–Trinajstić information content (AvgIpc) is 3.04. The molecule has 3 N–H and O–H groups in total. The van der Waals surface area contributed by atoms with Crippen LogP contribution in [0.5, 0.6) is 0 Å². The fraction of sp³-hybridized carbons (Fsp3) is 0.923. The molecule has 0 radical (unpaired) electrons. The van der Waals surface area contributed by atoms with E-state index in [-0.39, 0.29) is 11.9 Å². The Balaban J connectivity index is 1.57. The summed E-state index contributed by atoms with van der Waals surface area (Å²) in [5.74, 6) is 0.821. The van der Waals surface area contributed by atoms with Gasteiger partial charge in [0.2, 0.25) is 5.91 Å². The average molecular weight is 239 g/mol. The Bertz CT molecular complexity index is 263. The fourth-order valence-electron chi connectivity index (χ4n) is 2.51. The molecule has 1 aliphatic heterocycles. The molecule has 2 fully saturated rings. The lowest BCUT2D eigenvalue weighted by Gasteiger charge is -2.15. The highest BCUT2D eigenvalue weighted by atomic mass is 16.1. The van der Waals surface area contributed by atoms with Gasteiger partial charge in [-0.2, -0.15) is 0 Å². The Kier molecular flexibility index (Phi) is 4.40. The van der Waals surface area contributed by atoms with Gasteiger partial charge in [0.1, 0.15) is 0 Å². The first kappa shape index (κ1) is 12.8. The zero-order chi connectivity index (χ0) is 12.3. The van der Waals surface area contributed by atoms with Crippen molar-refractivity contribution in [1.82, 2.24) is 10.2 Å². The van der Waals surface area contributed by atoms with Crippen molar-refractivity contribution in [3.05, 3.63) is 0 Å². The van der Waals surface area contributed by atoms with Gasteiger partial charge in [-0.15, -0.1) is 0 Å². The number of carbonyl (C=O) groups excluding carboxylic acids is 1. The molecule has 17 heavy (non-hydrogen) atoms. The van der Waals surface area contributed by atoms with Crippen LogP contribution in [0.3, 0.4) is 0 Å². The number of nitrogens with two attached hydrogens (primary N) is 1. The monoisotopic (exact) mass is 239 g/mol. The van der Waals surface area contributed by atoms with E-state index in [2.05, 4.69) is 10.2 Å². The lowest BCUT2D eigenvalue weighted by Crippen LogP contribution is -2.32. The van der Waals surface area contributed by atoms with Crippen LogP contribution in [0.25, 0.3) is 0 Å². The van der Waals surface area contributed by atoms with Crippen LogP contribution < -0.4 is 11.1 Å². The minimum Gasteiger partial charge on any atom is -0.356 e. The minimum atomic E-state index is 0.123. The van der Waals surface area contributed by atoms with Gasteiger partial charge in [0, 0.05) is 31.6 Å². The second-order valence-electron chi connectivity index (χ2n) is 5.70. The predicted octanol–water partition coefficient (Wildman–Crippen LogP) is 0.714. The standard InChI is InChI=1S/C13H25N3O/c1-10(14)2-5-13(17)15-8-11-6-7-16(9-11)12-3-4-12/h10-12H,2-9,14H2,1H3,(H,15,17). The van der Waals surface area contributed by atoms with Crippen LogP contribution in [0.2, 0.25) is 0 Å². The number of carbonyl (C=O) groups is 1. The van der Waals surface area contributed by atoms with Crippen molar-refractivity contribution >= 4 is 5.91 Å². The zero-order valence-corrected chi connectivity index (χ0v) is 10.8. The van der Waals surface area contributed by atoms with Crippen molar-refractivity contribution in [2.75, 3.05) is 19.6 Å². The van der Waals surface area contributed by atoms with Gasteiger partial charge in [-0.1, -0.05) is 0 Å². The molecule has 2 atom stereocenters. The molecule has 2 unspecified atom stereocenters. The first-order valence-corrected chi connectivity index (χ1v) is 6.91. The molecule has 1 saturated carbocycles. The van der Waals surface area contributed by atoms with E-state index < -0.39 is 0 Å². The largest absolute Gasteiger partial charge is 0.356 e. The second-order valence-corrected chi connectivity index (χ2v) is 5.70. The number of hydrogen-bond acceptors (Lipinski definition) is 3. The molecule has 98 valence electrons. The van der Waals surface area contributed by atoms with Gasteiger partial charge in [0.25, 0.3) is 0 Å². The van der Waals surface area contributed by atoms with Crippen molar-refractivity contribution in [2.45, 2.75) is 51.1 Å². The predicted molar refractivity (Wildman–Crippen MR) is 68.6 cm³/mol. The highest BCUT2D eigenvalue weighted by Gasteiger charge is 2.34. The van der Waals surface area contributed by atoms with Gasteiger partial charge >= 0.3 is 0 Å². The van der Waals surface area contributed by atoms with E-state index in [1.54, 1.807) is 0 Å². The van der Waals surface area contributed by atoms with Crippen LogP contribution in [0.1, 0.15) is 39.0 Å². The Morgan fingerprint density at radius 2 is 2.24 bits per heavy atom. The van der Waals surface area contributed by atoms with Crippen molar-refractivity contribution < 1.29 is 4.79 Å². The fourth-order valence-corrected chi connectivity index (χ4v) is 2.51. The summed E-state index contributed by atoms with van der Waals surface area (Å²) in [4.78, 5) is 14.1. The van der Waals surface area contributed by atoms with Crippen molar-refractivity contribution in [3.63, 3.8) is 0 Å². The van der Waals surface area contributed by atoms with Gasteiger partial charge in [-0.3, -0.25) is 4.79 Å². The van der Waals surface area contributed by atoms with Gasteiger partial charge in [0.15, 0.2) is 0 Å². The molecule has 1 heterocycles. The third-order valence-electron chi connectivity index (χ3n) is 3.80. The quantitative estimate of drug-likeness (QED) is 0.718. The van der Waals surface area contributed by atoms with Crippen LogP contribution >= 0.6 is 0 Å². The van der Waals surface area contributed by atoms with Gasteiger partial charge in [-0.05, 0) is 45.1 Å². The highest BCUT2D eigenvalue weighted by Crippen LogP contribution is 2.31. The Morgan fingerprint density at radius 3 is 2.88 bits per heavy atom. The summed E-state index contributed by atoms with van der Waals surface area (Å²) in [6.45, 7) is 5.20. The third kappa shape index (κ3) is 4.28. The topological polar surface area (TPSA) is 58.4 Å². The Hall–Kier alpha value is -0.610. The third-order valence-corrected chi connectivity index (χ3v) is 3.80. The normalized spacial score (nSPS) is 27.1. The number of nitrogens with one attached hydrogen (secondary N) is 1. The number of likely N-dealkylation sites (tertiary alicyclic amines) is 1. The maximum Gasteiger partial charge on any atom is 0.220 e. The molecule has 1 aliphatic carbocycles. The van der Waals surface area contributed by atoms with Crippen LogP contribution in [-0.4, -0.2) is 42.5 Å². The maximum absolute atomic E-state index is 11.6. The molecule has 0 spiro atoms. The van der Waals surface area contributed by atoms with Gasteiger partial charge in [0.05, 0.1) is 0 Å². The molecular formula is C13H25N3O. The Morgan fingerprint density at radius 1 is 1.47 bits per heavy atom. The van der Waals surface area contributed by atoms with Crippen LogP contribution in [-0.2, 0) is 4.79 Å². The van der Waals surface area contributed by atoms with E-state index in [0.717, 1.165) is 19.0 Å². The summed E-state index contributed by atoms with van der Waals surface area (Å²) >= 11 is 0. The number of amides is 1. The second kappa shape index (κ2) is 5.83. The van der Waals surface area contributed by atoms with Crippen molar-refractivity contribution in [2.24, 2.45) is 11.7 Å². The molecule has 2 aliphatic rings. The van der Waals surface area contributed by atoms with Gasteiger partial charge in [-0.25, -0.2) is 0 Å². The molecule has 0 aromatic heterocycles. The number of hydrogen-bond donors (Lipinski definition) is 2. The summed E-state index contributed by atoms with van der Waals surface area (Å²) < 4.78 is 0. The highest BCUT2D eigenvalue weighted by molar-refractivity contribution is 5.75. The van der Waals surface area contributed by atoms with Crippen LogP contribution in [0, 0.1) is 5.92 Å². The van der Waals surface area contributed by atoms with Crippen LogP contribution in [0.15, 0.2) is 0 Å². The van der Waals surface area contributed by atoms with E-state index in [1.807, 2.05) is 6.92 Å². The zero-order valence-electron chi connectivity index (χ0n) is 10.8. The maximum atomic E-state index is 11.6. The number of rotatable bonds is 6. The summed E-state index contributed by atoms with van der Waals surface area (Å²) in [6.07, 6.45) is 5.35. The van der Waals surface area contributed by atoms with E-state index in [0.29, 0.717) is 12.3 Å². The van der Waals surface area contributed by atoms with E-state index in [9.17, 15) is 4.79 Å². The molecule has 4 heteroatoms. The summed E-state index contributed by atoms with van der Waals surface area (Å²) in [7, 11) is 0. The lowest BCUT2D eigenvalue weighted by molar-refractivity contribution is -0.121. The molecule has 0 bridgehead atoms. The van der Waals surface area contributed by atoms with Gasteiger partial charge < -0.3 is 16.0 Å². The van der Waals surface area contributed by atoms with Crippen LogP contribution in [0.4, 0.5) is 0 Å². The smallest absolute Gasteiger partial charge is 0.220 e. The summed E-state index contributed by atoms with van der Waals surface area (Å²) in [5, 5.41) is 3.04. The summed E-state index contributed by atoms with van der Waals surface area (Å²) in [6, 6.07) is 0.992. The Labute approximate surface area is 104 Å².